The van der Waals surface area contributed by atoms with Gasteiger partial charge < -0.3 is 10.8 Å². The van der Waals surface area contributed by atoms with E-state index in [9.17, 15) is 5.11 Å². The van der Waals surface area contributed by atoms with E-state index < -0.39 is 0 Å². The van der Waals surface area contributed by atoms with Crippen LogP contribution in [0.4, 0.5) is 5.82 Å². The number of nitrogens with zero attached hydrogens (tertiary/aromatic N) is 2. The predicted octanol–water partition coefficient (Wildman–Crippen LogP) is 0.941. The third-order valence-corrected chi connectivity index (χ3v) is 2.71. The molecule has 3 N–H and O–H groups in total. The molecule has 0 aromatic carbocycles. The summed E-state index contributed by atoms with van der Waals surface area (Å²) in [5.41, 5.74) is 5.74. The number of anilines is 1. The monoisotopic (exact) mass is 181 g/mol. The van der Waals surface area contributed by atoms with E-state index in [-0.39, 0.29) is 6.10 Å². The highest BCUT2D eigenvalue weighted by Crippen LogP contribution is 2.29. The molecule has 2 rings (SSSR count). The lowest BCUT2D eigenvalue weighted by atomic mass is 9.93. The van der Waals surface area contributed by atoms with Crippen molar-refractivity contribution >= 4 is 5.82 Å². The minimum atomic E-state index is -0.118. The summed E-state index contributed by atoms with van der Waals surface area (Å²) in [7, 11) is 0. The number of hydrogen-bond acceptors (Lipinski definition) is 3. The number of hydrogen-bond donors (Lipinski definition) is 2. The van der Waals surface area contributed by atoms with E-state index in [4.69, 9.17) is 5.73 Å². The lowest BCUT2D eigenvalue weighted by Crippen LogP contribution is -2.22. The van der Waals surface area contributed by atoms with Crippen molar-refractivity contribution in [3.63, 3.8) is 0 Å². The van der Waals surface area contributed by atoms with Gasteiger partial charge in [-0.3, -0.25) is 0 Å². The van der Waals surface area contributed by atoms with E-state index in [2.05, 4.69) is 5.10 Å². The molecule has 0 unspecified atom stereocenters. The molecule has 0 amide bonds. The first-order valence-electron chi connectivity index (χ1n) is 4.74. The minimum absolute atomic E-state index is 0.118. The molecule has 4 nitrogen and oxygen atoms in total. The zero-order valence-electron chi connectivity index (χ0n) is 7.56. The topological polar surface area (TPSA) is 64.1 Å². The predicted molar refractivity (Wildman–Crippen MR) is 50.2 cm³/mol. The molecular weight excluding hydrogens is 166 g/mol. The largest absolute Gasteiger partial charge is 0.393 e. The molecule has 13 heavy (non-hydrogen) atoms. The molecule has 1 heterocycles. The second-order valence-corrected chi connectivity index (χ2v) is 3.66. The summed E-state index contributed by atoms with van der Waals surface area (Å²) in [6.07, 6.45) is 5.29. The van der Waals surface area contributed by atoms with Crippen molar-refractivity contribution in [1.82, 2.24) is 9.78 Å². The fourth-order valence-electron chi connectivity index (χ4n) is 1.93. The number of nitrogen functional groups attached to an aromatic ring is 1. The van der Waals surface area contributed by atoms with Crippen LogP contribution in [0.25, 0.3) is 0 Å². The van der Waals surface area contributed by atoms with Crippen LogP contribution in [0.1, 0.15) is 31.7 Å². The van der Waals surface area contributed by atoms with Crippen LogP contribution in [-0.2, 0) is 0 Å². The van der Waals surface area contributed by atoms with E-state index in [0.29, 0.717) is 6.04 Å². The third kappa shape index (κ3) is 1.67. The van der Waals surface area contributed by atoms with Gasteiger partial charge in [0, 0.05) is 0 Å². The van der Waals surface area contributed by atoms with Gasteiger partial charge in [-0.2, -0.15) is 5.10 Å². The molecule has 1 aromatic heterocycles. The van der Waals surface area contributed by atoms with E-state index in [1.54, 1.807) is 6.20 Å². The van der Waals surface area contributed by atoms with Gasteiger partial charge in [0.1, 0.15) is 5.82 Å². The van der Waals surface area contributed by atoms with Crippen LogP contribution >= 0.6 is 0 Å². The van der Waals surface area contributed by atoms with Crippen molar-refractivity contribution < 1.29 is 5.11 Å². The molecule has 0 atom stereocenters. The molecule has 1 aromatic rings. The highest BCUT2D eigenvalue weighted by Gasteiger charge is 2.21. The number of aromatic nitrogens is 2. The van der Waals surface area contributed by atoms with Gasteiger partial charge >= 0.3 is 0 Å². The normalized spacial score (nSPS) is 29.0. The van der Waals surface area contributed by atoms with Gasteiger partial charge in [-0.15, -0.1) is 0 Å². The van der Waals surface area contributed by atoms with E-state index in [1.807, 2.05) is 10.7 Å². The van der Waals surface area contributed by atoms with Crippen molar-refractivity contribution in [3.05, 3.63) is 12.3 Å². The summed E-state index contributed by atoms with van der Waals surface area (Å²) in [4.78, 5) is 0. The quantitative estimate of drug-likeness (QED) is 0.677. The molecular formula is C9H15N3O. The molecule has 0 bridgehead atoms. The minimum Gasteiger partial charge on any atom is -0.393 e. The lowest BCUT2D eigenvalue weighted by molar-refractivity contribution is 0.108. The van der Waals surface area contributed by atoms with E-state index in [0.717, 1.165) is 31.5 Å². The third-order valence-electron chi connectivity index (χ3n) is 2.71. The van der Waals surface area contributed by atoms with Crippen molar-refractivity contribution in [3.8, 4) is 0 Å². The Morgan fingerprint density at radius 2 is 2.08 bits per heavy atom. The summed E-state index contributed by atoms with van der Waals surface area (Å²) < 4.78 is 1.87. The summed E-state index contributed by atoms with van der Waals surface area (Å²) in [5.74, 6) is 0.724. The van der Waals surface area contributed by atoms with Crippen LogP contribution < -0.4 is 5.73 Å². The van der Waals surface area contributed by atoms with E-state index >= 15 is 0 Å². The molecule has 1 aliphatic carbocycles. The van der Waals surface area contributed by atoms with Crippen molar-refractivity contribution in [1.29, 1.82) is 0 Å². The van der Waals surface area contributed by atoms with Gasteiger partial charge in [-0.25, -0.2) is 4.68 Å². The first-order valence-corrected chi connectivity index (χ1v) is 4.74. The SMILES string of the molecule is Nc1ccnn1C1CCC(O)CC1. The average molecular weight is 181 g/mol. The number of aliphatic hydroxyl groups is 1. The Labute approximate surface area is 77.4 Å². The molecule has 1 aliphatic rings. The second-order valence-electron chi connectivity index (χ2n) is 3.66. The number of rotatable bonds is 1. The average Bonchev–Trinajstić information content (AvgIpc) is 2.53. The van der Waals surface area contributed by atoms with Crippen LogP contribution in [0, 0.1) is 0 Å². The number of aliphatic hydroxyl groups excluding tert-OH is 1. The molecule has 0 radical (unpaired) electrons. The Morgan fingerprint density at radius 3 is 2.62 bits per heavy atom. The fraction of sp³-hybridized carbons (Fsp3) is 0.667. The smallest absolute Gasteiger partial charge is 0.121 e. The first kappa shape index (κ1) is 8.56. The van der Waals surface area contributed by atoms with Crippen molar-refractivity contribution in [2.45, 2.75) is 37.8 Å². The summed E-state index contributed by atoms with van der Waals surface area (Å²) in [6, 6.07) is 2.20. The Morgan fingerprint density at radius 1 is 1.38 bits per heavy atom. The standard InChI is InChI=1S/C9H15N3O/c10-9-5-6-11-12(9)7-1-3-8(13)4-2-7/h5-8,13H,1-4,10H2. The highest BCUT2D eigenvalue weighted by atomic mass is 16.3. The maximum Gasteiger partial charge on any atom is 0.121 e. The molecule has 0 saturated heterocycles. The molecule has 0 spiro atoms. The van der Waals surface area contributed by atoms with Gasteiger partial charge in [0.25, 0.3) is 0 Å². The Kier molecular flexibility index (Phi) is 2.22. The van der Waals surface area contributed by atoms with Crippen LogP contribution in [0.2, 0.25) is 0 Å². The summed E-state index contributed by atoms with van der Waals surface area (Å²) in [5, 5.41) is 13.5. The molecule has 1 saturated carbocycles. The van der Waals surface area contributed by atoms with Gasteiger partial charge in [0.2, 0.25) is 0 Å². The molecule has 0 aliphatic heterocycles. The lowest BCUT2D eigenvalue weighted by Gasteiger charge is -2.26. The zero-order valence-corrected chi connectivity index (χ0v) is 7.56. The maximum absolute atomic E-state index is 9.33. The Bertz CT molecular complexity index is 276. The highest BCUT2D eigenvalue weighted by molar-refractivity contribution is 5.26. The zero-order chi connectivity index (χ0) is 9.26. The van der Waals surface area contributed by atoms with Crippen LogP contribution in [0.15, 0.2) is 12.3 Å². The van der Waals surface area contributed by atoms with Gasteiger partial charge in [0.15, 0.2) is 0 Å². The van der Waals surface area contributed by atoms with Crippen LogP contribution in [0.5, 0.6) is 0 Å². The van der Waals surface area contributed by atoms with Gasteiger partial charge in [-0.1, -0.05) is 0 Å². The Hall–Kier alpha value is -1.03. The van der Waals surface area contributed by atoms with Crippen molar-refractivity contribution in [2.24, 2.45) is 0 Å². The fourth-order valence-corrected chi connectivity index (χ4v) is 1.93. The number of nitrogens with two attached hydrogens (primary N) is 1. The Balaban J connectivity index is 2.06. The molecule has 1 fully saturated rings. The van der Waals surface area contributed by atoms with Gasteiger partial charge in [-0.05, 0) is 31.7 Å². The molecule has 72 valence electrons. The van der Waals surface area contributed by atoms with Crippen LogP contribution in [-0.4, -0.2) is 21.0 Å². The first-order chi connectivity index (χ1) is 6.27. The summed E-state index contributed by atoms with van der Waals surface area (Å²) >= 11 is 0. The van der Waals surface area contributed by atoms with Crippen LogP contribution in [0.3, 0.4) is 0 Å². The maximum atomic E-state index is 9.33. The van der Waals surface area contributed by atoms with E-state index in [1.165, 1.54) is 0 Å². The van der Waals surface area contributed by atoms with Gasteiger partial charge in [0.05, 0.1) is 18.3 Å². The summed E-state index contributed by atoms with van der Waals surface area (Å²) in [6.45, 7) is 0. The molecule has 4 heteroatoms. The second kappa shape index (κ2) is 3.38. The van der Waals surface area contributed by atoms with Crippen molar-refractivity contribution in [2.75, 3.05) is 5.73 Å².